The Morgan fingerprint density at radius 1 is 1.21 bits per heavy atom. The van der Waals surface area contributed by atoms with Crippen molar-refractivity contribution in [3.8, 4) is 11.6 Å². The fourth-order valence-electron chi connectivity index (χ4n) is 3.61. The van der Waals surface area contributed by atoms with Crippen molar-refractivity contribution in [1.82, 2.24) is 34.4 Å². The quantitative estimate of drug-likeness (QED) is 0.554. The molecule has 1 aliphatic heterocycles. The maximum atomic E-state index is 13.1. The molecule has 178 valence electrons. The van der Waals surface area contributed by atoms with E-state index in [0.717, 1.165) is 0 Å². The fourth-order valence-corrected chi connectivity index (χ4v) is 3.61. The molecule has 0 saturated carbocycles. The Balaban J connectivity index is 1.48. The minimum Gasteiger partial charge on any atom is -0.461 e. The summed E-state index contributed by atoms with van der Waals surface area (Å²) >= 11 is 0. The van der Waals surface area contributed by atoms with Gasteiger partial charge in [0.1, 0.15) is 6.04 Å². The van der Waals surface area contributed by atoms with Gasteiger partial charge >= 0.3 is 6.18 Å². The van der Waals surface area contributed by atoms with E-state index in [0.29, 0.717) is 5.76 Å². The van der Waals surface area contributed by atoms with Crippen molar-refractivity contribution in [3.63, 3.8) is 0 Å². The van der Waals surface area contributed by atoms with E-state index >= 15 is 0 Å². The molecular weight excluding hydrogens is 443 g/mol. The first-order valence-corrected chi connectivity index (χ1v) is 10.4. The lowest BCUT2D eigenvalue weighted by molar-refractivity contribution is -0.152. The summed E-state index contributed by atoms with van der Waals surface area (Å²) < 4.78 is 44.4. The lowest BCUT2D eigenvalue weighted by Gasteiger charge is -2.37. The smallest absolute Gasteiger partial charge is 0.401 e. The van der Waals surface area contributed by atoms with Crippen LogP contribution in [0.4, 0.5) is 25.1 Å². The van der Waals surface area contributed by atoms with Gasteiger partial charge in [0.2, 0.25) is 23.6 Å². The van der Waals surface area contributed by atoms with Crippen LogP contribution in [0.15, 0.2) is 22.8 Å². The van der Waals surface area contributed by atoms with Gasteiger partial charge in [0, 0.05) is 26.2 Å². The zero-order chi connectivity index (χ0) is 23.8. The Bertz CT molecular complexity index is 1110. The van der Waals surface area contributed by atoms with Crippen LogP contribution in [0.3, 0.4) is 0 Å². The molecule has 11 nitrogen and oxygen atoms in total. The average molecular weight is 467 g/mol. The fraction of sp³-hybridized carbons (Fsp3) is 0.526. The van der Waals surface area contributed by atoms with Gasteiger partial charge in [-0.15, -0.1) is 5.10 Å². The number of nitrogen functional groups attached to an aromatic ring is 1. The molecule has 3 aromatic heterocycles. The van der Waals surface area contributed by atoms with Crippen LogP contribution in [0.5, 0.6) is 0 Å². The first-order valence-electron chi connectivity index (χ1n) is 10.4. The molecular formula is C19H24F3N9O2. The van der Waals surface area contributed by atoms with Crippen LogP contribution < -0.4 is 11.1 Å². The Labute approximate surface area is 186 Å². The standard InChI is InChI=1S/C19H24F3N9O2/c1-11(2)13(15(32)30-7-5-29(6-8-30)10-19(20,21)22)24-17-26-16(23)31-18(27-17)25-14(28-31)12-4-3-9-33-12/h3-4,9,11,13H,5-8,10H2,1-2H3,(H3,23,24,25,26,27,28)/t13-/m0/s1. The number of nitrogens with one attached hydrogen (secondary N) is 1. The van der Waals surface area contributed by atoms with E-state index in [1.54, 1.807) is 17.0 Å². The summed E-state index contributed by atoms with van der Waals surface area (Å²) in [5, 5.41) is 7.24. The van der Waals surface area contributed by atoms with Crippen LogP contribution in [-0.4, -0.2) is 85.2 Å². The van der Waals surface area contributed by atoms with Crippen LogP contribution in [-0.2, 0) is 4.79 Å². The third kappa shape index (κ3) is 5.16. The second-order valence-electron chi connectivity index (χ2n) is 8.11. The van der Waals surface area contributed by atoms with E-state index in [9.17, 15) is 18.0 Å². The van der Waals surface area contributed by atoms with E-state index in [1.165, 1.54) is 15.7 Å². The number of hydrogen-bond donors (Lipinski definition) is 2. The molecule has 0 spiro atoms. The lowest BCUT2D eigenvalue weighted by Crippen LogP contribution is -2.55. The number of hydrogen-bond acceptors (Lipinski definition) is 9. The number of carbonyl (C=O) groups excluding carboxylic acids is 1. The van der Waals surface area contributed by atoms with Crippen LogP contribution in [0.25, 0.3) is 17.4 Å². The minimum atomic E-state index is -4.26. The van der Waals surface area contributed by atoms with Gasteiger partial charge in [-0.2, -0.15) is 32.6 Å². The molecule has 4 rings (SSSR count). The van der Waals surface area contributed by atoms with Gasteiger partial charge in [-0.1, -0.05) is 13.8 Å². The van der Waals surface area contributed by atoms with Gasteiger partial charge in [0.05, 0.1) is 12.8 Å². The molecule has 0 aromatic carbocycles. The SMILES string of the molecule is CC(C)[C@H](Nc1nc(N)n2nc(-c3ccco3)nc2n1)C(=O)N1CCN(CC(F)(F)F)CC1. The number of piperazine rings is 1. The van der Waals surface area contributed by atoms with E-state index in [2.05, 4.69) is 25.4 Å². The molecule has 0 bridgehead atoms. The molecule has 4 heterocycles. The van der Waals surface area contributed by atoms with Gasteiger partial charge in [-0.05, 0) is 18.1 Å². The monoisotopic (exact) mass is 467 g/mol. The van der Waals surface area contributed by atoms with E-state index in [-0.39, 0.29) is 61.5 Å². The van der Waals surface area contributed by atoms with Gasteiger partial charge in [-0.3, -0.25) is 9.69 Å². The Morgan fingerprint density at radius 3 is 2.55 bits per heavy atom. The van der Waals surface area contributed by atoms with Crippen molar-refractivity contribution < 1.29 is 22.4 Å². The van der Waals surface area contributed by atoms with Gasteiger partial charge < -0.3 is 20.4 Å². The Kier molecular flexibility index (Phi) is 6.10. The van der Waals surface area contributed by atoms with Crippen LogP contribution >= 0.6 is 0 Å². The summed E-state index contributed by atoms with van der Waals surface area (Å²) in [5.41, 5.74) is 6.01. The van der Waals surface area contributed by atoms with Crippen molar-refractivity contribution in [1.29, 1.82) is 0 Å². The highest BCUT2D eigenvalue weighted by Gasteiger charge is 2.35. The highest BCUT2D eigenvalue weighted by Crippen LogP contribution is 2.20. The van der Waals surface area contributed by atoms with Crippen LogP contribution in [0, 0.1) is 5.92 Å². The van der Waals surface area contributed by atoms with Crippen molar-refractivity contribution in [3.05, 3.63) is 18.4 Å². The van der Waals surface area contributed by atoms with E-state index in [1.807, 2.05) is 13.8 Å². The minimum absolute atomic E-state index is 0.0172. The lowest BCUT2D eigenvalue weighted by atomic mass is 10.0. The van der Waals surface area contributed by atoms with Crippen LogP contribution in [0.2, 0.25) is 0 Å². The van der Waals surface area contributed by atoms with E-state index in [4.69, 9.17) is 10.2 Å². The molecule has 0 unspecified atom stereocenters. The van der Waals surface area contributed by atoms with Crippen LogP contribution in [0.1, 0.15) is 13.8 Å². The first kappa shape index (κ1) is 22.8. The van der Waals surface area contributed by atoms with E-state index < -0.39 is 18.8 Å². The normalized spacial score (nSPS) is 16.5. The number of nitrogens with zero attached hydrogens (tertiary/aromatic N) is 7. The second-order valence-corrected chi connectivity index (χ2v) is 8.11. The summed E-state index contributed by atoms with van der Waals surface area (Å²) in [6.07, 6.45) is -2.77. The maximum Gasteiger partial charge on any atom is 0.401 e. The molecule has 3 N–H and O–H groups in total. The molecule has 1 aliphatic rings. The first-order chi connectivity index (χ1) is 15.6. The number of nitrogens with two attached hydrogens (primary N) is 1. The Hall–Kier alpha value is -3.42. The predicted octanol–water partition coefficient (Wildman–Crippen LogP) is 1.50. The molecule has 0 aliphatic carbocycles. The predicted molar refractivity (Wildman–Crippen MR) is 112 cm³/mol. The highest BCUT2D eigenvalue weighted by atomic mass is 19.4. The molecule has 14 heteroatoms. The van der Waals surface area contributed by atoms with Crippen molar-refractivity contribution in [2.45, 2.75) is 26.1 Å². The van der Waals surface area contributed by atoms with Crippen molar-refractivity contribution in [2.24, 2.45) is 5.92 Å². The summed E-state index contributed by atoms with van der Waals surface area (Å²) in [4.78, 5) is 28.8. The highest BCUT2D eigenvalue weighted by molar-refractivity contribution is 5.84. The van der Waals surface area contributed by atoms with Gasteiger partial charge in [-0.25, -0.2) is 0 Å². The topological polar surface area (TPSA) is 131 Å². The molecule has 33 heavy (non-hydrogen) atoms. The number of carbonyl (C=O) groups is 1. The summed E-state index contributed by atoms with van der Waals surface area (Å²) in [6.45, 7) is 3.44. The Morgan fingerprint density at radius 2 is 1.94 bits per heavy atom. The third-order valence-corrected chi connectivity index (χ3v) is 5.28. The number of furan rings is 1. The van der Waals surface area contributed by atoms with Gasteiger partial charge in [0.15, 0.2) is 5.76 Å². The zero-order valence-electron chi connectivity index (χ0n) is 18.1. The molecule has 1 atom stereocenters. The van der Waals surface area contributed by atoms with Crippen molar-refractivity contribution >= 4 is 23.6 Å². The number of amides is 1. The molecule has 1 amide bonds. The number of halogens is 3. The number of anilines is 2. The maximum absolute atomic E-state index is 13.1. The third-order valence-electron chi connectivity index (χ3n) is 5.28. The number of rotatable bonds is 6. The number of fused-ring (bicyclic) bond motifs is 1. The number of alkyl halides is 3. The summed E-state index contributed by atoms with van der Waals surface area (Å²) in [5.74, 6) is 0.622. The average Bonchev–Trinajstić information content (AvgIpc) is 3.40. The molecule has 0 radical (unpaired) electrons. The zero-order valence-corrected chi connectivity index (χ0v) is 18.1. The molecule has 1 fully saturated rings. The number of aromatic nitrogens is 5. The second kappa shape index (κ2) is 8.84. The van der Waals surface area contributed by atoms with Crippen molar-refractivity contribution in [2.75, 3.05) is 43.8 Å². The largest absolute Gasteiger partial charge is 0.461 e. The molecule has 3 aromatic rings. The summed E-state index contributed by atoms with van der Waals surface area (Å²) in [6, 6.07) is 2.69. The molecule has 1 saturated heterocycles. The van der Waals surface area contributed by atoms with Gasteiger partial charge in [0.25, 0.3) is 5.78 Å². The summed E-state index contributed by atoms with van der Waals surface area (Å²) in [7, 11) is 0.